The summed E-state index contributed by atoms with van der Waals surface area (Å²) in [6.07, 6.45) is 15.2. The van der Waals surface area contributed by atoms with Gasteiger partial charge in [-0.15, -0.1) is 0 Å². The molecule has 0 spiro atoms. The predicted molar refractivity (Wildman–Crippen MR) is 164 cm³/mol. The van der Waals surface area contributed by atoms with Crippen LogP contribution in [0.25, 0.3) is 6.08 Å². The van der Waals surface area contributed by atoms with E-state index in [4.69, 9.17) is 28.1 Å². The summed E-state index contributed by atoms with van der Waals surface area (Å²) < 4.78 is 35.0. The van der Waals surface area contributed by atoms with Gasteiger partial charge in [-0.05, 0) is 69.6 Å². The second-order valence-corrected chi connectivity index (χ2v) is 13.2. The van der Waals surface area contributed by atoms with Crippen LogP contribution < -0.4 is 0 Å². The zero-order valence-electron chi connectivity index (χ0n) is 27.0. The zero-order chi connectivity index (χ0) is 31.6. The number of hydrogen-bond donors (Lipinski definition) is 0. The van der Waals surface area contributed by atoms with Gasteiger partial charge in [-0.25, -0.2) is 9.78 Å². The van der Waals surface area contributed by atoms with E-state index in [0.29, 0.717) is 25.2 Å². The molecule has 9 nitrogen and oxygen atoms in total. The van der Waals surface area contributed by atoms with E-state index in [1.807, 2.05) is 45.1 Å². The zero-order valence-corrected chi connectivity index (χ0v) is 27.0. The Kier molecular flexibility index (Phi) is 9.97. The smallest absolute Gasteiger partial charge is 0.338 e. The number of cyclic esters (lactones) is 1. The van der Waals surface area contributed by atoms with Crippen molar-refractivity contribution in [2.24, 2.45) is 17.8 Å². The number of fused-ring (bicyclic) bond motifs is 4. The molecule has 0 radical (unpaired) electrons. The van der Waals surface area contributed by atoms with E-state index in [2.05, 4.69) is 37.9 Å². The quantitative estimate of drug-likeness (QED) is 0.157. The van der Waals surface area contributed by atoms with Gasteiger partial charge >= 0.3 is 11.9 Å². The van der Waals surface area contributed by atoms with E-state index in [9.17, 15) is 9.59 Å². The maximum Gasteiger partial charge on any atom is 0.338 e. The number of allylic oxidation sites excluding steroid dienone is 4. The maximum absolute atomic E-state index is 13.3. The molecule has 0 aromatic carbocycles. The van der Waals surface area contributed by atoms with Crippen LogP contribution in [0, 0.1) is 24.7 Å². The lowest BCUT2D eigenvalue weighted by Crippen LogP contribution is -2.37. The van der Waals surface area contributed by atoms with E-state index in [-0.39, 0.29) is 59.7 Å². The van der Waals surface area contributed by atoms with Crippen molar-refractivity contribution in [1.29, 1.82) is 0 Å². The molecule has 5 heterocycles. The molecule has 4 aliphatic rings. The molecule has 240 valence electrons. The molecule has 1 aromatic rings. The molecule has 4 aliphatic heterocycles. The maximum atomic E-state index is 13.3. The highest BCUT2D eigenvalue weighted by Crippen LogP contribution is 2.44. The van der Waals surface area contributed by atoms with E-state index in [0.717, 1.165) is 29.7 Å². The van der Waals surface area contributed by atoms with Gasteiger partial charge in [0.05, 0.1) is 17.8 Å². The van der Waals surface area contributed by atoms with Gasteiger partial charge < -0.3 is 28.1 Å². The van der Waals surface area contributed by atoms with Gasteiger partial charge in [0.25, 0.3) is 0 Å². The molecule has 0 unspecified atom stereocenters. The van der Waals surface area contributed by atoms with Crippen LogP contribution in [-0.4, -0.2) is 66.3 Å². The van der Waals surface area contributed by atoms with Crippen molar-refractivity contribution in [3.8, 4) is 0 Å². The van der Waals surface area contributed by atoms with Crippen LogP contribution in [0.4, 0.5) is 0 Å². The van der Waals surface area contributed by atoms with E-state index in [1.54, 1.807) is 13.4 Å². The number of hydrogen-bond acceptors (Lipinski definition) is 9. The number of carbonyl (C=O) groups is 2. The first-order valence-corrected chi connectivity index (χ1v) is 15.9. The Bertz CT molecular complexity index is 1330. The highest BCUT2D eigenvalue weighted by molar-refractivity contribution is 5.78. The Labute approximate surface area is 260 Å². The Morgan fingerprint density at radius 1 is 1.16 bits per heavy atom. The molecule has 9 heteroatoms. The Balaban J connectivity index is 1.30. The standard InChI is InChI=1S/C35H47NO8/c1-20(15-26-19-40-24(5)36-26)9-8-10-22(3)32(39-7)23(4)27-13-14-35(6)30(44-35)12-11-21(2)28-16-25(18-31(37)41-28)17-29-33(42-29)34(38)43-27/h8-12,15,19,21,23,25,27-30,32-33H,13-14,16-18H2,1-7H3/b9-8+,12-11+,20-15+,22-10+/t21-,23+,25+,27+,28-,29-,30-,32+,33-,35+/m1/s1. The van der Waals surface area contributed by atoms with Crippen molar-refractivity contribution >= 4 is 18.0 Å². The number of methoxy groups -OCH3 is 1. The second kappa shape index (κ2) is 13.5. The fourth-order valence-corrected chi connectivity index (χ4v) is 6.63. The minimum atomic E-state index is -0.601. The summed E-state index contributed by atoms with van der Waals surface area (Å²) in [6, 6.07) is 0. The molecule has 0 amide bonds. The third-order valence-electron chi connectivity index (χ3n) is 9.49. The minimum absolute atomic E-state index is 0.0294. The van der Waals surface area contributed by atoms with E-state index in [1.165, 1.54) is 0 Å². The van der Waals surface area contributed by atoms with Crippen molar-refractivity contribution < 1.29 is 37.7 Å². The van der Waals surface area contributed by atoms with Crippen LogP contribution in [0.15, 0.2) is 52.2 Å². The van der Waals surface area contributed by atoms with Crippen LogP contribution in [0.5, 0.6) is 0 Å². The van der Waals surface area contributed by atoms with Crippen molar-refractivity contribution in [2.75, 3.05) is 7.11 Å². The summed E-state index contributed by atoms with van der Waals surface area (Å²) in [5.41, 5.74) is 2.49. The normalized spacial score (nSPS) is 36.9. The number of aromatic nitrogens is 1. The third kappa shape index (κ3) is 7.98. The van der Waals surface area contributed by atoms with Crippen LogP contribution in [0.1, 0.15) is 78.3 Å². The average molecular weight is 610 g/mol. The molecule has 0 aliphatic carbocycles. The van der Waals surface area contributed by atoms with Crippen molar-refractivity contribution in [1.82, 2.24) is 4.98 Å². The Hall–Kier alpha value is -3.01. The number of esters is 2. The fourth-order valence-electron chi connectivity index (χ4n) is 6.63. The first-order valence-electron chi connectivity index (χ1n) is 15.9. The lowest BCUT2D eigenvalue weighted by molar-refractivity contribution is -0.159. The summed E-state index contributed by atoms with van der Waals surface area (Å²) in [7, 11) is 1.69. The largest absolute Gasteiger partial charge is 0.462 e. The first kappa shape index (κ1) is 32.4. The van der Waals surface area contributed by atoms with Crippen LogP contribution in [0.3, 0.4) is 0 Å². The molecule has 0 N–H and O–H groups in total. The Morgan fingerprint density at radius 2 is 1.93 bits per heavy atom. The summed E-state index contributed by atoms with van der Waals surface area (Å²) >= 11 is 0. The number of aryl methyl sites for hydroxylation is 1. The molecule has 3 fully saturated rings. The molecule has 0 saturated carbocycles. The highest BCUT2D eigenvalue weighted by Gasteiger charge is 2.52. The molecular weight excluding hydrogens is 562 g/mol. The number of oxazole rings is 1. The first-order chi connectivity index (χ1) is 21.0. The van der Waals surface area contributed by atoms with Crippen LogP contribution in [0.2, 0.25) is 0 Å². The number of carbonyl (C=O) groups excluding carboxylic acids is 2. The van der Waals surface area contributed by atoms with Gasteiger partial charge in [0.2, 0.25) is 0 Å². The van der Waals surface area contributed by atoms with Crippen molar-refractivity contribution in [3.05, 3.63) is 59.4 Å². The highest BCUT2D eigenvalue weighted by atomic mass is 16.6. The van der Waals surface area contributed by atoms with Crippen molar-refractivity contribution in [3.63, 3.8) is 0 Å². The molecule has 10 atom stereocenters. The minimum Gasteiger partial charge on any atom is -0.462 e. The number of rotatable bonds is 7. The molecule has 5 rings (SSSR count). The lowest BCUT2D eigenvalue weighted by Gasteiger charge is -2.32. The molecule has 1 aromatic heterocycles. The number of nitrogens with zero attached hydrogens (tertiary/aromatic N) is 1. The van der Waals surface area contributed by atoms with Gasteiger partial charge in [0.1, 0.15) is 30.3 Å². The van der Waals surface area contributed by atoms with Gasteiger partial charge in [-0.2, -0.15) is 0 Å². The van der Waals surface area contributed by atoms with Gasteiger partial charge in [0, 0.05) is 32.3 Å². The summed E-state index contributed by atoms with van der Waals surface area (Å²) in [6.45, 7) is 12.1. The summed E-state index contributed by atoms with van der Waals surface area (Å²) in [5.74, 6) is 0.169. The van der Waals surface area contributed by atoms with Gasteiger partial charge in [-0.1, -0.05) is 44.2 Å². The summed E-state index contributed by atoms with van der Waals surface area (Å²) in [5, 5.41) is 0. The second-order valence-electron chi connectivity index (χ2n) is 13.2. The van der Waals surface area contributed by atoms with Gasteiger partial charge in [-0.3, -0.25) is 4.79 Å². The fraction of sp³-hybridized carbons (Fsp3) is 0.629. The Morgan fingerprint density at radius 3 is 2.66 bits per heavy atom. The predicted octanol–water partition coefficient (Wildman–Crippen LogP) is 6.07. The number of ether oxygens (including phenoxy) is 5. The molecule has 2 bridgehead atoms. The summed E-state index contributed by atoms with van der Waals surface area (Å²) in [4.78, 5) is 30.0. The van der Waals surface area contributed by atoms with Crippen molar-refractivity contribution in [2.45, 2.75) is 116 Å². The topological polar surface area (TPSA) is 113 Å². The van der Waals surface area contributed by atoms with Crippen LogP contribution in [-0.2, 0) is 33.3 Å². The van der Waals surface area contributed by atoms with E-state index < -0.39 is 12.2 Å². The molecule has 3 saturated heterocycles. The third-order valence-corrected chi connectivity index (χ3v) is 9.49. The lowest BCUT2D eigenvalue weighted by atomic mass is 9.85. The molecular formula is C35H47NO8. The van der Waals surface area contributed by atoms with Crippen LogP contribution >= 0.6 is 0 Å². The molecule has 44 heavy (non-hydrogen) atoms. The van der Waals surface area contributed by atoms with E-state index >= 15 is 0 Å². The monoisotopic (exact) mass is 609 g/mol. The van der Waals surface area contributed by atoms with Gasteiger partial charge in [0.15, 0.2) is 12.0 Å². The average Bonchev–Trinajstić information content (AvgIpc) is 3.83. The number of epoxide rings is 2. The SMILES string of the molecule is CO[C@@H](/C(C)=C/C=C/C(C)=C/c1coc(C)n1)[C@@H](C)[C@@H]1CC[C@]2(C)O[C@@H]2/C=C/[C@@H](C)[C@H]2C[C@H](CC(=O)O2)C[C@H]2O[C@H]2C(=O)O1.